The fourth-order valence-corrected chi connectivity index (χ4v) is 4.13. The molecule has 4 rings (SSSR count). The molecular formula is C25H29F3N6O2. The molecule has 0 aromatic carbocycles. The Morgan fingerprint density at radius 1 is 1.28 bits per heavy atom. The highest BCUT2D eigenvalue weighted by Gasteiger charge is 2.26. The molecule has 1 saturated heterocycles. The van der Waals surface area contributed by atoms with Crippen molar-refractivity contribution in [2.24, 2.45) is 5.41 Å². The number of aromatic nitrogens is 3. The van der Waals surface area contributed by atoms with Crippen LogP contribution in [-0.2, 0) is 4.79 Å². The molecular weight excluding hydrogens is 473 g/mol. The van der Waals surface area contributed by atoms with E-state index in [1.807, 2.05) is 18.2 Å². The molecule has 1 aliphatic heterocycles. The SMILES string of the molecule is CC1(C)CC=C(c2nc(C3CCNCC3)ccc2NC(=O)c2ncc(C#N)[nH]2)CC1.O=CC(F)(F)F. The Morgan fingerprint density at radius 3 is 2.53 bits per heavy atom. The molecule has 192 valence electrons. The van der Waals surface area contributed by atoms with E-state index in [-0.39, 0.29) is 17.4 Å². The summed E-state index contributed by atoms with van der Waals surface area (Å²) < 4.78 is 31.2. The van der Waals surface area contributed by atoms with Gasteiger partial charge in [-0.25, -0.2) is 4.98 Å². The van der Waals surface area contributed by atoms with Crippen LogP contribution in [0, 0.1) is 16.7 Å². The van der Waals surface area contributed by atoms with E-state index in [0.717, 1.165) is 56.6 Å². The number of H-pyrrole nitrogens is 1. The summed E-state index contributed by atoms with van der Waals surface area (Å²) in [6.07, 6.45) is 3.12. The number of hydrogen-bond donors (Lipinski definition) is 3. The Morgan fingerprint density at radius 2 is 1.97 bits per heavy atom. The number of aromatic amines is 1. The Bertz CT molecular complexity index is 1160. The van der Waals surface area contributed by atoms with Gasteiger partial charge in [0.25, 0.3) is 5.91 Å². The first-order chi connectivity index (χ1) is 17.0. The number of allylic oxidation sites excluding steroid dienone is 2. The Kier molecular flexibility index (Phi) is 8.63. The fraction of sp³-hybridized carbons (Fsp3) is 0.480. The van der Waals surface area contributed by atoms with Crippen LogP contribution in [0.4, 0.5) is 18.9 Å². The van der Waals surface area contributed by atoms with E-state index >= 15 is 0 Å². The van der Waals surface area contributed by atoms with Gasteiger partial charge in [-0.05, 0) is 68.3 Å². The van der Waals surface area contributed by atoms with Crippen molar-refractivity contribution in [3.63, 3.8) is 0 Å². The lowest BCUT2D eigenvalue weighted by molar-refractivity contribution is -0.156. The van der Waals surface area contributed by atoms with Crippen molar-refractivity contribution in [1.82, 2.24) is 20.3 Å². The van der Waals surface area contributed by atoms with Gasteiger partial charge in [0.1, 0.15) is 11.8 Å². The minimum absolute atomic E-state index is 0.124. The molecule has 1 amide bonds. The highest BCUT2D eigenvalue weighted by molar-refractivity contribution is 6.03. The van der Waals surface area contributed by atoms with Gasteiger partial charge in [-0.2, -0.15) is 18.4 Å². The summed E-state index contributed by atoms with van der Waals surface area (Å²) in [4.78, 5) is 33.2. The number of pyridine rings is 1. The van der Waals surface area contributed by atoms with E-state index in [4.69, 9.17) is 15.0 Å². The average molecular weight is 503 g/mol. The van der Waals surface area contributed by atoms with Crippen LogP contribution in [0.2, 0.25) is 0 Å². The highest BCUT2D eigenvalue weighted by atomic mass is 19.4. The predicted molar refractivity (Wildman–Crippen MR) is 128 cm³/mol. The smallest absolute Gasteiger partial charge is 0.326 e. The summed E-state index contributed by atoms with van der Waals surface area (Å²) >= 11 is 0. The number of anilines is 1. The number of aldehydes is 1. The van der Waals surface area contributed by atoms with Crippen LogP contribution in [0.5, 0.6) is 0 Å². The number of carbonyl (C=O) groups is 2. The van der Waals surface area contributed by atoms with E-state index in [0.29, 0.717) is 17.0 Å². The van der Waals surface area contributed by atoms with E-state index in [9.17, 15) is 18.0 Å². The lowest BCUT2D eigenvalue weighted by Crippen LogP contribution is -2.27. The monoisotopic (exact) mass is 502 g/mol. The van der Waals surface area contributed by atoms with Crippen LogP contribution >= 0.6 is 0 Å². The molecule has 1 fully saturated rings. The van der Waals surface area contributed by atoms with Gasteiger partial charge in [-0.15, -0.1) is 0 Å². The van der Waals surface area contributed by atoms with E-state index in [1.54, 1.807) is 0 Å². The number of rotatable bonds is 4. The number of alkyl halides is 3. The average Bonchev–Trinajstić information content (AvgIpc) is 3.35. The zero-order valence-electron chi connectivity index (χ0n) is 20.2. The van der Waals surface area contributed by atoms with E-state index in [2.05, 4.69) is 40.5 Å². The van der Waals surface area contributed by atoms with Gasteiger partial charge in [0.2, 0.25) is 6.29 Å². The number of nitrogens with zero attached hydrogens (tertiary/aromatic N) is 3. The summed E-state index contributed by atoms with van der Waals surface area (Å²) in [5.74, 6) is 0.197. The number of imidazole rings is 1. The summed E-state index contributed by atoms with van der Waals surface area (Å²) in [6.45, 7) is 6.59. The topological polar surface area (TPSA) is 124 Å². The number of nitrogens with one attached hydrogen (secondary N) is 3. The number of amides is 1. The van der Waals surface area contributed by atoms with Gasteiger partial charge in [-0.3, -0.25) is 14.6 Å². The molecule has 0 atom stereocenters. The van der Waals surface area contributed by atoms with Crippen molar-refractivity contribution in [2.45, 2.75) is 58.0 Å². The molecule has 1 aliphatic carbocycles. The maximum Gasteiger partial charge on any atom is 0.446 e. The standard InChI is InChI=1S/C23H28N6O.C2HF3O/c1-23(2)9-5-16(6-10-23)20-19(29-22(30)21-26-14-17(13-24)27-21)4-3-18(28-20)15-7-11-25-12-8-15;3-2(4,5)1-6/h3-5,14-15,25H,6-12H2,1-2H3,(H,26,27)(H,29,30);1H. The van der Waals surface area contributed by atoms with Gasteiger partial charge < -0.3 is 15.6 Å². The van der Waals surface area contributed by atoms with E-state index in [1.165, 1.54) is 11.8 Å². The normalized spacial score (nSPS) is 17.7. The Hall–Kier alpha value is -3.52. The molecule has 8 nitrogen and oxygen atoms in total. The van der Waals surface area contributed by atoms with E-state index < -0.39 is 12.5 Å². The molecule has 11 heteroatoms. The summed E-state index contributed by atoms with van der Waals surface area (Å²) in [5, 5.41) is 15.3. The molecule has 0 bridgehead atoms. The van der Waals surface area contributed by atoms with Crippen LogP contribution in [0.15, 0.2) is 24.4 Å². The lowest BCUT2D eigenvalue weighted by atomic mass is 9.77. The number of nitriles is 1. The molecule has 2 aromatic heterocycles. The largest absolute Gasteiger partial charge is 0.446 e. The third-order valence-corrected chi connectivity index (χ3v) is 6.24. The molecule has 0 unspecified atom stereocenters. The first-order valence-electron chi connectivity index (χ1n) is 11.7. The molecule has 0 radical (unpaired) electrons. The van der Waals surface area contributed by atoms with Crippen molar-refractivity contribution in [2.75, 3.05) is 18.4 Å². The van der Waals surface area contributed by atoms with Gasteiger partial charge in [-0.1, -0.05) is 19.9 Å². The van der Waals surface area contributed by atoms with Gasteiger partial charge in [0.05, 0.1) is 17.6 Å². The summed E-state index contributed by atoms with van der Waals surface area (Å²) in [6, 6.07) is 5.95. The maximum absolute atomic E-state index is 12.7. The number of piperidine rings is 1. The Labute approximate surface area is 207 Å². The molecule has 0 saturated carbocycles. The third kappa shape index (κ3) is 7.49. The highest BCUT2D eigenvalue weighted by Crippen LogP contribution is 2.40. The number of halogens is 3. The summed E-state index contributed by atoms with van der Waals surface area (Å²) in [7, 11) is 0. The van der Waals surface area contributed by atoms with Crippen molar-refractivity contribution in [3.8, 4) is 6.07 Å². The van der Waals surface area contributed by atoms with Crippen LogP contribution < -0.4 is 10.6 Å². The quantitative estimate of drug-likeness (QED) is 0.519. The van der Waals surface area contributed by atoms with Crippen molar-refractivity contribution in [1.29, 1.82) is 5.26 Å². The van der Waals surface area contributed by atoms with Crippen molar-refractivity contribution < 1.29 is 22.8 Å². The molecule has 36 heavy (non-hydrogen) atoms. The minimum Gasteiger partial charge on any atom is -0.326 e. The number of carbonyl (C=O) groups excluding carboxylic acids is 2. The second kappa shape index (κ2) is 11.5. The first kappa shape index (κ1) is 27.1. The van der Waals surface area contributed by atoms with Crippen LogP contribution in [-0.4, -0.2) is 46.4 Å². The van der Waals surface area contributed by atoms with Gasteiger partial charge >= 0.3 is 6.18 Å². The third-order valence-electron chi connectivity index (χ3n) is 6.24. The second-order valence-electron chi connectivity index (χ2n) is 9.63. The van der Waals surface area contributed by atoms with Crippen LogP contribution in [0.3, 0.4) is 0 Å². The van der Waals surface area contributed by atoms with Gasteiger partial charge in [0.15, 0.2) is 5.82 Å². The molecule has 0 spiro atoms. The van der Waals surface area contributed by atoms with Crippen LogP contribution in [0.1, 0.15) is 79.6 Å². The Balaban J connectivity index is 0.000000538. The molecule has 2 aromatic rings. The minimum atomic E-state index is -4.64. The molecule has 2 aliphatic rings. The zero-order chi connectivity index (χ0) is 26.3. The molecule has 3 heterocycles. The van der Waals surface area contributed by atoms with Crippen LogP contribution in [0.25, 0.3) is 5.57 Å². The summed E-state index contributed by atoms with van der Waals surface area (Å²) in [5.41, 5.74) is 4.40. The van der Waals surface area contributed by atoms with Crippen molar-refractivity contribution >= 4 is 23.5 Å². The first-order valence-corrected chi connectivity index (χ1v) is 11.7. The van der Waals surface area contributed by atoms with Gasteiger partial charge in [0, 0.05) is 11.6 Å². The zero-order valence-corrected chi connectivity index (χ0v) is 20.2. The fourth-order valence-electron chi connectivity index (χ4n) is 4.13. The number of hydrogen-bond acceptors (Lipinski definition) is 6. The molecule has 3 N–H and O–H groups in total. The van der Waals surface area contributed by atoms with Crippen molar-refractivity contribution in [3.05, 3.63) is 47.3 Å². The second-order valence-corrected chi connectivity index (χ2v) is 9.63. The lowest BCUT2D eigenvalue weighted by Gasteiger charge is -2.29. The maximum atomic E-state index is 12.7. The predicted octanol–water partition coefficient (Wildman–Crippen LogP) is 4.74.